The summed E-state index contributed by atoms with van der Waals surface area (Å²) in [7, 11) is 1.69. The Kier molecular flexibility index (Phi) is 2.51. The van der Waals surface area contributed by atoms with E-state index in [1.165, 1.54) is 10.9 Å². The van der Waals surface area contributed by atoms with Gasteiger partial charge >= 0.3 is 5.82 Å². The number of methoxy groups -OCH3 is 1. The molecule has 1 aromatic heterocycles. The Morgan fingerprint density at radius 3 is 2.89 bits per heavy atom. The molecule has 4 heteroatoms. The quantitative estimate of drug-likeness (QED) is 0.743. The summed E-state index contributed by atoms with van der Waals surface area (Å²) < 4.78 is 7.50. The molecule has 1 aliphatic heterocycles. The van der Waals surface area contributed by atoms with Crippen LogP contribution in [0.2, 0.25) is 0 Å². The number of fused-ring (bicyclic) bond motifs is 3. The number of nitrogens with zero attached hydrogens (tertiary/aromatic N) is 3. The van der Waals surface area contributed by atoms with Gasteiger partial charge in [-0.05, 0) is 29.7 Å². The first-order valence-electron chi connectivity index (χ1n) is 6.18. The van der Waals surface area contributed by atoms with Crippen molar-refractivity contribution in [2.24, 2.45) is 10.2 Å². The summed E-state index contributed by atoms with van der Waals surface area (Å²) in [6, 6.07) is 8.24. The Labute approximate surface area is 106 Å². The minimum atomic E-state index is 0.107. The molecule has 0 radical (unpaired) electrons. The molecule has 92 valence electrons. The van der Waals surface area contributed by atoms with Gasteiger partial charge in [0, 0.05) is 23.9 Å². The van der Waals surface area contributed by atoms with Crippen LogP contribution in [0.25, 0.3) is 10.9 Å². The Bertz CT molecular complexity index is 649. The molecule has 3 rings (SSSR count). The predicted molar refractivity (Wildman–Crippen MR) is 69.3 cm³/mol. The van der Waals surface area contributed by atoms with Crippen LogP contribution in [-0.2, 0) is 0 Å². The van der Waals surface area contributed by atoms with Crippen LogP contribution in [-0.4, -0.2) is 7.11 Å². The number of aryl methyl sites for hydroxylation is 1. The lowest BCUT2D eigenvalue weighted by atomic mass is 10.1. The minimum absolute atomic E-state index is 0.107. The highest BCUT2D eigenvalue weighted by Crippen LogP contribution is 2.30. The van der Waals surface area contributed by atoms with Crippen LogP contribution >= 0.6 is 0 Å². The first kappa shape index (κ1) is 11.1. The highest BCUT2D eigenvalue weighted by atomic mass is 16.5. The molecular formula is C14H16N3O+. The molecule has 1 atom stereocenters. The van der Waals surface area contributed by atoms with E-state index in [9.17, 15) is 0 Å². The maximum absolute atomic E-state index is 5.32. The van der Waals surface area contributed by atoms with Gasteiger partial charge in [0.1, 0.15) is 11.3 Å². The summed E-state index contributed by atoms with van der Waals surface area (Å²) in [5.41, 5.74) is 2.36. The van der Waals surface area contributed by atoms with Crippen LogP contribution in [0.3, 0.4) is 0 Å². The third-order valence-corrected chi connectivity index (χ3v) is 3.44. The average Bonchev–Trinajstić information content (AvgIpc) is 2.81. The van der Waals surface area contributed by atoms with Crippen molar-refractivity contribution in [3.05, 3.63) is 29.8 Å². The summed E-state index contributed by atoms with van der Waals surface area (Å²) in [5.74, 6) is 1.80. The second-order valence-corrected chi connectivity index (χ2v) is 4.54. The molecule has 1 aliphatic rings. The fraction of sp³-hybridized carbons (Fsp3) is 0.357. The van der Waals surface area contributed by atoms with Crippen molar-refractivity contribution in [2.45, 2.75) is 26.4 Å². The van der Waals surface area contributed by atoms with Crippen LogP contribution in [0.15, 0.2) is 34.5 Å². The van der Waals surface area contributed by atoms with Crippen molar-refractivity contribution in [1.82, 2.24) is 0 Å². The molecule has 1 unspecified atom stereocenters. The standard InChI is InChI=1S/C14H16N3O/c1-4-13-15-16-14-7-9(2)11-6-5-10(18-3)8-12(11)17(13)14/h5-8,13H,4H2,1-3H3/q+1. The number of ether oxygens (including phenoxy) is 1. The summed E-state index contributed by atoms with van der Waals surface area (Å²) in [4.78, 5) is 0. The SMILES string of the molecule is CCC1N=Nc2cc(C)c3ccc(OC)cc3[n+]21. The number of azo groups is 1. The van der Waals surface area contributed by atoms with E-state index in [0.29, 0.717) is 0 Å². The molecule has 0 saturated carbocycles. The largest absolute Gasteiger partial charge is 0.497 e. The van der Waals surface area contributed by atoms with Crippen LogP contribution in [0.1, 0.15) is 25.1 Å². The minimum Gasteiger partial charge on any atom is -0.497 e. The molecule has 0 aliphatic carbocycles. The number of hydrogen-bond donors (Lipinski definition) is 0. The Morgan fingerprint density at radius 2 is 2.17 bits per heavy atom. The van der Waals surface area contributed by atoms with Crippen LogP contribution in [0, 0.1) is 6.92 Å². The van der Waals surface area contributed by atoms with Crippen molar-refractivity contribution < 1.29 is 9.30 Å². The van der Waals surface area contributed by atoms with E-state index in [2.05, 4.69) is 46.8 Å². The fourth-order valence-corrected chi connectivity index (χ4v) is 2.47. The van der Waals surface area contributed by atoms with Gasteiger partial charge in [-0.3, -0.25) is 0 Å². The van der Waals surface area contributed by atoms with Crippen molar-refractivity contribution in [1.29, 1.82) is 0 Å². The van der Waals surface area contributed by atoms with Gasteiger partial charge in [0.25, 0.3) is 0 Å². The average molecular weight is 242 g/mol. The third kappa shape index (κ3) is 1.49. The first-order chi connectivity index (χ1) is 8.74. The molecule has 2 aromatic rings. The van der Waals surface area contributed by atoms with Crippen molar-refractivity contribution in [2.75, 3.05) is 7.11 Å². The highest BCUT2D eigenvalue weighted by Gasteiger charge is 2.30. The zero-order valence-electron chi connectivity index (χ0n) is 10.8. The molecule has 2 heterocycles. The Hall–Kier alpha value is -1.97. The van der Waals surface area contributed by atoms with Gasteiger partial charge < -0.3 is 4.74 Å². The monoisotopic (exact) mass is 242 g/mol. The van der Waals surface area contributed by atoms with Gasteiger partial charge in [-0.2, -0.15) is 4.57 Å². The van der Waals surface area contributed by atoms with Gasteiger partial charge in [0.2, 0.25) is 6.17 Å². The molecule has 0 bridgehead atoms. The molecule has 0 saturated heterocycles. The lowest BCUT2D eigenvalue weighted by Crippen LogP contribution is -2.36. The highest BCUT2D eigenvalue weighted by molar-refractivity contribution is 5.81. The molecule has 18 heavy (non-hydrogen) atoms. The summed E-state index contributed by atoms with van der Waals surface area (Å²) in [5, 5.41) is 9.81. The predicted octanol–water partition coefficient (Wildman–Crippen LogP) is 3.45. The molecular weight excluding hydrogens is 226 g/mol. The summed E-state index contributed by atoms with van der Waals surface area (Å²) in [6.45, 7) is 4.22. The number of aromatic nitrogens is 1. The first-order valence-corrected chi connectivity index (χ1v) is 6.18. The topological polar surface area (TPSA) is 37.8 Å². The number of rotatable bonds is 2. The van der Waals surface area contributed by atoms with E-state index in [1.807, 2.05) is 6.07 Å². The number of benzene rings is 1. The molecule has 0 N–H and O–H groups in total. The van der Waals surface area contributed by atoms with Gasteiger partial charge in [-0.15, -0.1) is 0 Å². The van der Waals surface area contributed by atoms with Crippen molar-refractivity contribution in [3.63, 3.8) is 0 Å². The van der Waals surface area contributed by atoms with Crippen molar-refractivity contribution >= 4 is 16.7 Å². The fourth-order valence-electron chi connectivity index (χ4n) is 2.47. The van der Waals surface area contributed by atoms with E-state index in [4.69, 9.17) is 4.74 Å². The van der Waals surface area contributed by atoms with Crippen LogP contribution < -0.4 is 9.30 Å². The van der Waals surface area contributed by atoms with Gasteiger partial charge in [-0.1, -0.05) is 6.92 Å². The van der Waals surface area contributed by atoms with Crippen LogP contribution in [0.5, 0.6) is 5.75 Å². The lowest BCUT2D eigenvalue weighted by molar-refractivity contribution is -0.677. The smallest absolute Gasteiger partial charge is 0.353 e. The van der Waals surface area contributed by atoms with E-state index in [0.717, 1.165) is 23.5 Å². The summed E-state index contributed by atoms with van der Waals surface area (Å²) >= 11 is 0. The number of pyridine rings is 1. The van der Waals surface area contributed by atoms with E-state index in [-0.39, 0.29) is 6.17 Å². The van der Waals surface area contributed by atoms with E-state index < -0.39 is 0 Å². The zero-order chi connectivity index (χ0) is 12.7. The second-order valence-electron chi connectivity index (χ2n) is 4.54. The number of hydrogen-bond acceptors (Lipinski definition) is 3. The zero-order valence-corrected chi connectivity index (χ0v) is 10.8. The van der Waals surface area contributed by atoms with Gasteiger partial charge in [0.05, 0.1) is 12.2 Å². The third-order valence-electron chi connectivity index (χ3n) is 3.44. The molecule has 1 aromatic carbocycles. The van der Waals surface area contributed by atoms with Gasteiger partial charge in [-0.25, -0.2) is 0 Å². The van der Waals surface area contributed by atoms with Crippen LogP contribution in [0.4, 0.5) is 5.82 Å². The maximum atomic E-state index is 5.32. The molecule has 4 nitrogen and oxygen atoms in total. The van der Waals surface area contributed by atoms with Crippen molar-refractivity contribution in [3.8, 4) is 5.75 Å². The Balaban J connectivity index is 2.35. The Morgan fingerprint density at radius 1 is 1.33 bits per heavy atom. The summed E-state index contributed by atoms with van der Waals surface area (Å²) in [6.07, 6.45) is 1.05. The second kappa shape index (κ2) is 4.05. The molecule has 0 fully saturated rings. The lowest BCUT2D eigenvalue weighted by Gasteiger charge is -2.09. The molecule has 0 spiro atoms. The van der Waals surface area contributed by atoms with E-state index >= 15 is 0 Å². The molecule has 0 amide bonds. The maximum Gasteiger partial charge on any atom is 0.353 e. The van der Waals surface area contributed by atoms with Gasteiger partial charge in [0.15, 0.2) is 0 Å². The normalized spacial score (nSPS) is 17.2. The van der Waals surface area contributed by atoms with E-state index in [1.54, 1.807) is 7.11 Å².